The molecule has 1 rings (SSSR count). The zero-order valence-electron chi connectivity index (χ0n) is 11.2. The van der Waals surface area contributed by atoms with Gasteiger partial charge in [0.2, 0.25) is 0 Å². The molecule has 0 radical (unpaired) electrons. The molecule has 4 nitrogen and oxygen atoms in total. The quantitative estimate of drug-likeness (QED) is 0.799. The maximum atomic E-state index is 11.5. The first-order valence-corrected chi connectivity index (χ1v) is 6.50. The van der Waals surface area contributed by atoms with Crippen molar-refractivity contribution in [3.05, 3.63) is 0 Å². The Morgan fingerprint density at radius 1 is 1.29 bits per heavy atom. The van der Waals surface area contributed by atoms with Crippen LogP contribution in [0.4, 0.5) is 4.79 Å². The first-order chi connectivity index (χ1) is 7.92. The first kappa shape index (κ1) is 14.3. The molecule has 0 aliphatic heterocycles. The minimum Gasteiger partial charge on any atom is -0.444 e. The van der Waals surface area contributed by atoms with Crippen LogP contribution in [0.2, 0.25) is 0 Å². The molecule has 1 aliphatic carbocycles. The Morgan fingerprint density at radius 3 is 2.41 bits per heavy atom. The van der Waals surface area contributed by atoms with Crippen molar-refractivity contribution >= 4 is 6.09 Å². The lowest BCUT2D eigenvalue weighted by Crippen LogP contribution is -2.38. The smallest absolute Gasteiger partial charge is 0.407 e. The second kappa shape index (κ2) is 6.24. The van der Waals surface area contributed by atoms with Crippen LogP contribution in [0.15, 0.2) is 0 Å². The van der Waals surface area contributed by atoms with Crippen LogP contribution in [-0.4, -0.2) is 30.0 Å². The predicted octanol–water partition coefficient (Wildman–Crippen LogP) is 2.31. The Morgan fingerprint density at radius 2 is 1.88 bits per heavy atom. The molecule has 0 spiro atoms. The summed E-state index contributed by atoms with van der Waals surface area (Å²) in [6.45, 7) is 6.39. The summed E-state index contributed by atoms with van der Waals surface area (Å²) >= 11 is 0. The normalized spacial score (nSPS) is 25.4. The van der Waals surface area contributed by atoms with Gasteiger partial charge in [0.05, 0.1) is 0 Å². The van der Waals surface area contributed by atoms with Crippen LogP contribution in [0.1, 0.15) is 46.5 Å². The lowest BCUT2D eigenvalue weighted by Gasteiger charge is -2.30. The minimum atomic E-state index is -0.451. The van der Waals surface area contributed by atoms with Gasteiger partial charge < -0.3 is 15.2 Å². The summed E-state index contributed by atoms with van der Waals surface area (Å²) in [5, 5.41) is 12.1. The van der Waals surface area contributed by atoms with Crippen molar-refractivity contribution in [3.63, 3.8) is 0 Å². The fraction of sp³-hybridized carbons (Fsp3) is 0.923. The molecule has 0 heterocycles. The molecule has 1 amide bonds. The predicted molar refractivity (Wildman–Crippen MR) is 66.8 cm³/mol. The second-order valence-corrected chi connectivity index (χ2v) is 5.87. The molecule has 0 aromatic carbocycles. The van der Waals surface area contributed by atoms with Gasteiger partial charge in [-0.2, -0.15) is 0 Å². The van der Waals surface area contributed by atoms with Gasteiger partial charge in [-0.05, 0) is 45.4 Å². The fourth-order valence-corrected chi connectivity index (χ4v) is 2.32. The summed E-state index contributed by atoms with van der Waals surface area (Å²) in [7, 11) is 0. The zero-order valence-corrected chi connectivity index (χ0v) is 11.2. The van der Waals surface area contributed by atoms with Gasteiger partial charge in [0.15, 0.2) is 0 Å². The highest BCUT2D eigenvalue weighted by atomic mass is 16.6. The third kappa shape index (κ3) is 5.39. The third-order valence-electron chi connectivity index (χ3n) is 3.21. The minimum absolute atomic E-state index is 0.223. The number of aliphatic hydroxyl groups excluding tert-OH is 1. The summed E-state index contributed by atoms with van der Waals surface area (Å²) < 4.78 is 5.19. The summed E-state index contributed by atoms with van der Waals surface area (Å²) in [4.78, 5) is 11.5. The molecular formula is C13H25NO3. The SMILES string of the molecule is CC(C)(C)OC(=O)NC[C@@H]1CCCC[C@H]1CO. The standard InChI is InChI=1S/C13H25NO3/c1-13(2,3)17-12(16)14-8-10-6-4-5-7-11(10)9-15/h10-11,15H,4-9H2,1-3H3,(H,14,16)/t10-,11-/m0/s1. The molecule has 4 heteroatoms. The van der Waals surface area contributed by atoms with Crippen LogP contribution in [0.25, 0.3) is 0 Å². The van der Waals surface area contributed by atoms with E-state index in [0.717, 1.165) is 12.8 Å². The van der Waals surface area contributed by atoms with Crippen molar-refractivity contribution in [2.75, 3.05) is 13.2 Å². The van der Waals surface area contributed by atoms with Crippen molar-refractivity contribution in [1.29, 1.82) is 0 Å². The van der Waals surface area contributed by atoms with Gasteiger partial charge in [-0.25, -0.2) is 4.79 Å². The number of nitrogens with one attached hydrogen (secondary N) is 1. The maximum Gasteiger partial charge on any atom is 0.407 e. The third-order valence-corrected chi connectivity index (χ3v) is 3.21. The zero-order chi connectivity index (χ0) is 12.9. The molecule has 1 fully saturated rings. The van der Waals surface area contributed by atoms with E-state index in [1.807, 2.05) is 20.8 Å². The fourth-order valence-electron chi connectivity index (χ4n) is 2.32. The van der Waals surface area contributed by atoms with Crippen LogP contribution >= 0.6 is 0 Å². The van der Waals surface area contributed by atoms with Gasteiger partial charge in [-0.3, -0.25) is 0 Å². The topological polar surface area (TPSA) is 58.6 Å². The van der Waals surface area contributed by atoms with Gasteiger partial charge in [-0.15, -0.1) is 0 Å². The van der Waals surface area contributed by atoms with E-state index in [2.05, 4.69) is 5.32 Å². The Bertz CT molecular complexity index is 248. The lowest BCUT2D eigenvalue weighted by molar-refractivity contribution is 0.0493. The highest BCUT2D eigenvalue weighted by Crippen LogP contribution is 2.29. The Balaban J connectivity index is 2.31. The average molecular weight is 243 g/mol. The van der Waals surface area contributed by atoms with Crippen LogP contribution < -0.4 is 5.32 Å². The van der Waals surface area contributed by atoms with Gasteiger partial charge in [-0.1, -0.05) is 12.8 Å². The molecule has 2 atom stereocenters. The molecule has 100 valence electrons. The Hall–Kier alpha value is -0.770. The lowest BCUT2D eigenvalue weighted by atomic mass is 9.80. The van der Waals surface area contributed by atoms with Crippen molar-refractivity contribution in [3.8, 4) is 0 Å². The van der Waals surface area contributed by atoms with Crippen LogP contribution in [0, 0.1) is 11.8 Å². The summed E-state index contributed by atoms with van der Waals surface area (Å²) in [6.07, 6.45) is 4.17. The number of hydrogen-bond donors (Lipinski definition) is 2. The van der Waals surface area contributed by atoms with Crippen molar-refractivity contribution in [2.45, 2.75) is 52.1 Å². The summed E-state index contributed by atoms with van der Waals surface area (Å²) in [6, 6.07) is 0. The van der Waals surface area contributed by atoms with Crippen molar-refractivity contribution in [1.82, 2.24) is 5.32 Å². The van der Waals surface area contributed by atoms with Gasteiger partial charge in [0.1, 0.15) is 5.60 Å². The number of rotatable bonds is 3. The number of hydrogen-bond acceptors (Lipinski definition) is 3. The van der Waals surface area contributed by atoms with E-state index in [9.17, 15) is 9.90 Å². The number of amides is 1. The van der Waals surface area contributed by atoms with Gasteiger partial charge in [0.25, 0.3) is 0 Å². The largest absolute Gasteiger partial charge is 0.444 e. The summed E-state index contributed by atoms with van der Waals surface area (Å²) in [5.41, 5.74) is -0.451. The molecular weight excluding hydrogens is 218 g/mol. The maximum absolute atomic E-state index is 11.5. The molecule has 1 aliphatic rings. The van der Waals surface area contributed by atoms with E-state index in [4.69, 9.17) is 4.74 Å². The number of ether oxygens (including phenoxy) is 1. The number of aliphatic hydroxyl groups is 1. The van der Waals surface area contributed by atoms with Crippen LogP contribution in [0.5, 0.6) is 0 Å². The molecule has 0 saturated heterocycles. The van der Waals surface area contributed by atoms with E-state index in [0.29, 0.717) is 18.4 Å². The second-order valence-electron chi connectivity index (χ2n) is 5.87. The van der Waals surface area contributed by atoms with Crippen molar-refractivity contribution in [2.24, 2.45) is 11.8 Å². The van der Waals surface area contributed by atoms with E-state index in [-0.39, 0.29) is 12.7 Å². The Kier molecular flexibility index (Phi) is 5.25. The molecule has 0 aromatic rings. The first-order valence-electron chi connectivity index (χ1n) is 6.50. The van der Waals surface area contributed by atoms with Crippen LogP contribution in [0.3, 0.4) is 0 Å². The monoisotopic (exact) mass is 243 g/mol. The highest BCUT2D eigenvalue weighted by Gasteiger charge is 2.25. The number of carbonyl (C=O) groups is 1. The van der Waals surface area contributed by atoms with E-state index >= 15 is 0 Å². The molecule has 1 saturated carbocycles. The molecule has 0 bridgehead atoms. The van der Waals surface area contributed by atoms with Crippen LogP contribution in [-0.2, 0) is 4.74 Å². The Labute approximate surface area is 104 Å². The molecule has 0 unspecified atom stereocenters. The van der Waals surface area contributed by atoms with E-state index < -0.39 is 5.60 Å². The van der Waals surface area contributed by atoms with Crippen molar-refractivity contribution < 1.29 is 14.6 Å². The van der Waals surface area contributed by atoms with E-state index in [1.54, 1.807) is 0 Å². The number of alkyl carbamates (subject to hydrolysis) is 1. The average Bonchev–Trinajstić information content (AvgIpc) is 2.24. The van der Waals surface area contributed by atoms with Gasteiger partial charge in [0, 0.05) is 13.2 Å². The molecule has 17 heavy (non-hydrogen) atoms. The highest BCUT2D eigenvalue weighted by molar-refractivity contribution is 5.67. The number of carbonyl (C=O) groups excluding carboxylic acids is 1. The van der Waals surface area contributed by atoms with E-state index in [1.165, 1.54) is 12.8 Å². The summed E-state index contributed by atoms with van der Waals surface area (Å²) in [5.74, 6) is 0.722. The van der Waals surface area contributed by atoms with Gasteiger partial charge >= 0.3 is 6.09 Å². The molecule has 0 aromatic heterocycles. The molecule has 2 N–H and O–H groups in total.